The molecule has 29 heavy (non-hydrogen) atoms. The monoisotopic (exact) mass is 401 g/mol. The van der Waals surface area contributed by atoms with Crippen LogP contribution < -0.4 is 10.2 Å². The summed E-state index contributed by atoms with van der Waals surface area (Å²) in [5.41, 5.74) is 2.08. The highest BCUT2D eigenvalue weighted by Crippen LogP contribution is 2.22. The van der Waals surface area contributed by atoms with E-state index in [1.807, 2.05) is 30.9 Å². The van der Waals surface area contributed by atoms with Crippen LogP contribution in [0.5, 0.6) is 0 Å². The molecule has 2 aliphatic heterocycles. The third-order valence-electron chi connectivity index (χ3n) is 5.93. The Morgan fingerprint density at radius 2 is 1.41 bits per heavy atom. The van der Waals surface area contributed by atoms with E-state index in [0.717, 1.165) is 58.0 Å². The van der Waals surface area contributed by atoms with Gasteiger partial charge in [-0.2, -0.15) is 0 Å². The second kappa shape index (κ2) is 10.6. The van der Waals surface area contributed by atoms with Crippen molar-refractivity contribution in [3.8, 4) is 0 Å². The van der Waals surface area contributed by atoms with Crippen molar-refractivity contribution in [1.82, 2.24) is 14.7 Å². The number of hydrogen-bond acceptors (Lipinski definition) is 5. The van der Waals surface area contributed by atoms with E-state index in [9.17, 15) is 9.59 Å². The van der Waals surface area contributed by atoms with Crippen LogP contribution in [0.15, 0.2) is 24.3 Å². The normalized spacial score (nSPS) is 18.1. The standard InChI is InChI=1S/C22H35N5O2/c1-3-26(4-2)22(29)18-25-15-13-24(14-16-25)17-21(28)23-19-7-9-20(10-8-19)27-11-5-6-12-27/h7-10H,3-6,11-18H2,1-2H3,(H,23,28). The first-order chi connectivity index (χ1) is 14.1. The number of hydrogen-bond donors (Lipinski definition) is 1. The number of anilines is 2. The average Bonchev–Trinajstić information content (AvgIpc) is 3.26. The average molecular weight is 402 g/mol. The summed E-state index contributed by atoms with van der Waals surface area (Å²) in [5, 5.41) is 3.01. The van der Waals surface area contributed by atoms with E-state index in [1.54, 1.807) is 0 Å². The van der Waals surface area contributed by atoms with Crippen molar-refractivity contribution in [3.63, 3.8) is 0 Å². The Morgan fingerprint density at radius 3 is 1.97 bits per heavy atom. The maximum absolute atomic E-state index is 12.4. The molecule has 2 amide bonds. The molecule has 2 fully saturated rings. The van der Waals surface area contributed by atoms with Crippen LogP contribution in [0, 0.1) is 0 Å². The van der Waals surface area contributed by atoms with Crippen LogP contribution in [0.2, 0.25) is 0 Å². The quantitative estimate of drug-likeness (QED) is 0.719. The molecule has 160 valence electrons. The van der Waals surface area contributed by atoms with Gasteiger partial charge in [-0.3, -0.25) is 19.4 Å². The summed E-state index contributed by atoms with van der Waals surface area (Å²) in [7, 11) is 0. The molecule has 1 aromatic carbocycles. The van der Waals surface area contributed by atoms with Crippen molar-refractivity contribution in [2.75, 3.05) is 75.7 Å². The highest BCUT2D eigenvalue weighted by molar-refractivity contribution is 5.92. The fourth-order valence-electron chi connectivity index (χ4n) is 4.11. The molecule has 0 spiro atoms. The van der Waals surface area contributed by atoms with Crippen LogP contribution >= 0.6 is 0 Å². The molecule has 1 N–H and O–H groups in total. The van der Waals surface area contributed by atoms with Gasteiger partial charge in [-0.25, -0.2) is 0 Å². The van der Waals surface area contributed by atoms with Crippen LogP contribution in [-0.2, 0) is 9.59 Å². The Kier molecular flexibility index (Phi) is 7.89. The molecular formula is C22H35N5O2. The predicted molar refractivity (Wildman–Crippen MR) is 117 cm³/mol. The number of benzene rings is 1. The van der Waals surface area contributed by atoms with Gasteiger partial charge in [0.15, 0.2) is 0 Å². The molecule has 0 atom stereocenters. The van der Waals surface area contributed by atoms with E-state index in [2.05, 4.69) is 32.1 Å². The minimum absolute atomic E-state index is 0.0200. The van der Waals surface area contributed by atoms with E-state index >= 15 is 0 Å². The van der Waals surface area contributed by atoms with Crippen molar-refractivity contribution in [3.05, 3.63) is 24.3 Å². The van der Waals surface area contributed by atoms with E-state index in [0.29, 0.717) is 13.1 Å². The summed E-state index contributed by atoms with van der Waals surface area (Å²) in [4.78, 5) is 33.3. The lowest BCUT2D eigenvalue weighted by molar-refractivity contribution is -0.132. The molecule has 7 nitrogen and oxygen atoms in total. The molecule has 1 aromatic rings. The predicted octanol–water partition coefficient (Wildman–Crippen LogP) is 1.71. The van der Waals surface area contributed by atoms with Gasteiger partial charge in [-0.1, -0.05) is 0 Å². The Labute approximate surface area is 174 Å². The molecule has 2 saturated heterocycles. The minimum Gasteiger partial charge on any atom is -0.372 e. The summed E-state index contributed by atoms with van der Waals surface area (Å²) >= 11 is 0. The van der Waals surface area contributed by atoms with Crippen molar-refractivity contribution < 1.29 is 9.59 Å². The summed E-state index contributed by atoms with van der Waals surface area (Å²) in [6.07, 6.45) is 2.52. The zero-order chi connectivity index (χ0) is 20.6. The smallest absolute Gasteiger partial charge is 0.238 e. The maximum Gasteiger partial charge on any atom is 0.238 e. The van der Waals surface area contributed by atoms with Gasteiger partial charge in [-0.15, -0.1) is 0 Å². The van der Waals surface area contributed by atoms with Crippen LogP contribution in [0.1, 0.15) is 26.7 Å². The summed E-state index contributed by atoms with van der Waals surface area (Å²) in [6, 6.07) is 8.16. The molecule has 0 saturated carbocycles. The number of likely N-dealkylation sites (N-methyl/N-ethyl adjacent to an activating group) is 1. The first-order valence-electron chi connectivity index (χ1n) is 11.0. The number of rotatable bonds is 8. The summed E-state index contributed by atoms with van der Waals surface area (Å²) in [6.45, 7) is 11.9. The van der Waals surface area contributed by atoms with Gasteiger partial charge in [0.25, 0.3) is 0 Å². The lowest BCUT2D eigenvalue weighted by atomic mass is 10.2. The maximum atomic E-state index is 12.4. The molecule has 0 bridgehead atoms. The topological polar surface area (TPSA) is 59.1 Å². The Balaban J connectivity index is 1.39. The molecule has 3 rings (SSSR count). The SMILES string of the molecule is CCN(CC)C(=O)CN1CCN(CC(=O)Nc2ccc(N3CCCC3)cc2)CC1. The molecular weight excluding hydrogens is 366 g/mol. The van der Waals surface area contributed by atoms with E-state index in [-0.39, 0.29) is 11.8 Å². The molecule has 2 heterocycles. The number of carbonyl (C=O) groups is 2. The third kappa shape index (κ3) is 6.18. The van der Waals surface area contributed by atoms with E-state index in [1.165, 1.54) is 18.5 Å². The molecule has 2 aliphatic rings. The second-order valence-electron chi connectivity index (χ2n) is 7.91. The lowest BCUT2D eigenvalue weighted by Crippen LogP contribution is -2.51. The first kappa shape index (κ1) is 21.6. The van der Waals surface area contributed by atoms with Gasteiger partial charge in [0, 0.05) is 63.7 Å². The highest BCUT2D eigenvalue weighted by Gasteiger charge is 2.22. The largest absolute Gasteiger partial charge is 0.372 e. The fourth-order valence-corrected chi connectivity index (χ4v) is 4.11. The van der Waals surface area contributed by atoms with Gasteiger partial charge < -0.3 is 15.1 Å². The van der Waals surface area contributed by atoms with Gasteiger partial charge in [0.05, 0.1) is 13.1 Å². The molecule has 0 unspecified atom stereocenters. The Morgan fingerprint density at radius 1 is 0.862 bits per heavy atom. The zero-order valence-electron chi connectivity index (χ0n) is 17.9. The third-order valence-corrected chi connectivity index (χ3v) is 5.93. The molecule has 0 aromatic heterocycles. The van der Waals surface area contributed by atoms with Crippen LogP contribution in [0.4, 0.5) is 11.4 Å². The van der Waals surface area contributed by atoms with Gasteiger partial charge in [-0.05, 0) is 51.0 Å². The highest BCUT2D eigenvalue weighted by atomic mass is 16.2. The second-order valence-corrected chi connectivity index (χ2v) is 7.91. The van der Waals surface area contributed by atoms with Crippen molar-refractivity contribution in [1.29, 1.82) is 0 Å². The van der Waals surface area contributed by atoms with E-state index < -0.39 is 0 Å². The lowest BCUT2D eigenvalue weighted by Gasteiger charge is -2.34. The van der Waals surface area contributed by atoms with Crippen molar-refractivity contribution >= 4 is 23.2 Å². The first-order valence-corrected chi connectivity index (χ1v) is 11.0. The Hall–Kier alpha value is -2.12. The van der Waals surface area contributed by atoms with Crippen LogP contribution in [0.3, 0.4) is 0 Å². The molecule has 7 heteroatoms. The number of piperazine rings is 1. The van der Waals surface area contributed by atoms with Gasteiger partial charge >= 0.3 is 0 Å². The molecule has 0 radical (unpaired) electrons. The number of nitrogens with one attached hydrogen (secondary N) is 1. The van der Waals surface area contributed by atoms with Gasteiger partial charge in [0.2, 0.25) is 11.8 Å². The zero-order valence-corrected chi connectivity index (χ0v) is 17.9. The fraction of sp³-hybridized carbons (Fsp3) is 0.636. The van der Waals surface area contributed by atoms with Crippen molar-refractivity contribution in [2.24, 2.45) is 0 Å². The van der Waals surface area contributed by atoms with Crippen LogP contribution in [0.25, 0.3) is 0 Å². The van der Waals surface area contributed by atoms with Crippen LogP contribution in [-0.4, -0.2) is 92.0 Å². The van der Waals surface area contributed by atoms with Crippen molar-refractivity contribution in [2.45, 2.75) is 26.7 Å². The number of nitrogens with zero attached hydrogens (tertiary/aromatic N) is 4. The minimum atomic E-state index is 0.0200. The summed E-state index contributed by atoms with van der Waals surface area (Å²) in [5.74, 6) is 0.213. The molecule has 0 aliphatic carbocycles. The number of carbonyl (C=O) groups excluding carboxylic acids is 2. The van der Waals surface area contributed by atoms with E-state index in [4.69, 9.17) is 0 Å². The number of amides is 2. The Bertz CT molecular complexity index is 660. The van der Waals surface area contributed by atoms with Gasteiger partial charge in [0.1, 0.15) is 0 Å². The summed E-state index contributed by atoms with van der Waals surface area (Å²) < 4.78 is 0.